The summed E-state index contributed by atoms with van der Waals surface area (Å²) in [7, 11) is 0. The zero-order valence-electron chi connectivity index (χ0n) is 21.9. The van der Waals surface area contributed by atoms with E-state index in [1.54, 1.807) is 0 Å². The van der Waals surface area contributed by atoms with Crippen molar-refractivity contribution in [2.45, 2.75) is 85.1 Å². The van der Waals surface area contributed by atoms with Crippen LogP contribution in [0.25, 0.3) is 0 Å². The van der Waals surface area contributed by atoms with Gasteiger partial charge in [0.15, 0.2) is 5.78 Å². The second-order valence-electron chi connectivity index (χ2n) is 9.82. The van der Waals surface area contributed by atoms with Gasteiger partial charge in [0.25, 0.3) is 0 Å². The Balaban J connectivity index is 2.81. The summed E-state index contributed by atoms with van der Waals surface area (Å²) < 4.78 is 0. The van der Waals surface area contributed by atoms with Crippen LogP contribution in [0.4, 0.5) is 0 Å². The van der Waals surface area contributed by atoms with Gasteiger partial charge in [-0.1, -0.05) is 44.2 Å². The van der Waals surface area contributed by atoms with E-state index in [1.807, 2.05) is 44.2 Å². The third-order valence-electron chi connectivity index (χ3n) is 5.70. The number of ketones is 4. The van der Waals surface area contributed by atoms with E-state index in [9.17, 15) is 28.8 Å². The number of hydrogen-bond acceptors (Lipinski definition) is 6. The van der Waals surface area contributed by atoms with E-state index < -0.39 is 17.9 Å². The summed E-state index contributed by atoms with van der Waals surface area (Å²) in [5, 5.41) is 5.35. The molecule has 0 aromatic heterocycles. The molecule has 1 rings (SSSR count). The Bertz CT molecular complexity index is 910. The first-order chi connectivity index (χ1) is 17.0. The van der Waals surface area contributed by atoms with Crippen LogP contribution in [0.1, 0.15) is 78.2 Å². The largest absolute Gasteiger partial charge is 0.349 e. The van der Waals surface area contributed by atoms with Gasteiger partial charge in [-0.2, -0.15) is 0 Å². The molecule has 2 N–H and O–H groups in total. The third kappa shape index (κ3) is 13.7. The van der Waals surface area contributed by atoms with Crippen molar-refractivity contribution < 1.29 is 28.8 Å². The van der Waals surface area contributed by atoms with Gasteiger partial charge in [0.1, 0.15) is 17.3 Å². The summed E-state index contributed by atoms with van der Waals surface area (Å²) in [6.07, 6.45) is 1.73. The van der Waals surface area contributed by atoms with Crippen LogP contribution >= 0.6 is 0 Å². The van der Waals surface area contributed by atoms with Gasteiger partial charge < -0.3 is 15.4 Å². The molecule has 0 fully saturated rings. The van der Waals surface area contributed by atoms with Crippen molar-refractivity contribution in [3.8, 4) is 0 Å². The van der Waals surface area contributed by atoms with Gasteiger partial charge in [-0.15, -0.1) is 0 Å². The van der Waals surface area contributed by atoms with E-state index in [1.165, 1.54) is 13.8 Å². The number of nitrogens with one attached hydrogen (secondary N) is 2. The van der Waals surface area contributed by atoms with Crippen LogP contribution in [-0.4, -0.2) is 47.5 Å². The third-order valence-corrected chi connectivity index (χ3v) is 5.70. The van der Waals surface area contributed by atoms with E-state index in [-0.39, 0.29) is 67.2 Å². The maximum absolute atomic E-state index is 13.2. The number of hydrogen-bond donors (Lipinski definition) is 2. The fraction of sp³-hybridized carbons (Fsp3) is 0.571. The normalized spacial score (nSPS) is 12.5. The molecule has 2 amide bonds. The molecule has 8 heteroatoms. The smallest absolute Gasteiger partial charge is 0.224 e. The second-order valence-corrected chi connectivity index (χ2v) is 9.82. The van der Waals surface area contributed by atoms with E-state index in [4.69, 9.17) is 0 Å². The van der Waals surface area contributed by atoms with Crippen LogP contribution in [0.2, 0.25) is 0 Å². The van der Waals surface area contributed by atoms with Crippen molar-refractivity contribution >= 4 is 34.9 Å². The Kier molecular flexibility index (Phi) is 14.1. The number of carbonyl (C=O) groups is 6. The van der Waals surface area contributed by atoms with Gasteiger partial charge in [0.2, 0.25) is 11.8 Å². The van der Waals surface area contributed by atoms with Crippen molar-refractivity contribution in [1.29, 1.82) is 0 Å². The summed E-state index contributed by atoms with van der Waals surface area (Å²) in [5.74, 6) is -1.86. The minimum atomic E-state index is -0.774. The lowest BCUT2D eigenvalue weighted by atomic mass is 9.89. The van der Waals surface area contributed by atoms with Crippen molar-refractivity contribution in [1.82, 2.24) is 10.6 Å². The van der Waals surface area contributed by atoms with E-state index in [2.05, 4.69) is 10.6 Å². The first-order valence-electron chi connectivity index (χ1n) is 12.6. The number of rotatable bonds is 18. The lowest BCUT2D eigenvalue weighted by molar-refractivity contribution is -0.133. The van der Waals surface area contributed by atoms with Gasteiger partial charge in [0.05, 0.1) is 12.6 Å². The number of Topliss-reactive ketones (excluding diaryl/α,β-unsaturated/α-hetero) is 4. The molecule has 1 aromatic rings. The van der Waals surface area contributed by atoms with Crippen LogP contribution in [0.3, 0.4) is 0 Å². The monoisotopic (exact) mass is 500 g/mol. The van der Waals surface area contributed by atoms with Crippen molar-refractivity contribution in [3.63, 3.8) is 0 Å². The quantitative estimate of drug-likeness (QED) is 0.319. The van der Waals surface area contributed by atoms with Crippen molar-refractivity contribution in [3.05, 3.63) is 35.9 Å². The van der Waals surface area contributed by atoms with E-state index >= 15 is 0 Å². The molecular formula is C28H40N2O6. The van der Waals surface area contributed by atoms with Crippen LogP contribution in [-0.2, 0) is 35.2 Å². The predicted molar refractivity (Wildman–Crippen MR) is 137 cm³/mol. The molecule has 0 saturated carbocycles. The van der Waals surface area contributed by atoms with Crippen molar-refractivity contribution in [2.75, 3.05) is 6.54 Å². The summed E-state index contributed by atoms with van der Waals surface area (Å²) in [6.45, 7) is 6.62. The number of benzene rings is 1. The SMILES string of the molecule is CC(=O)CCCC(=O)CCC(=O)NC(CC(C)C)C(=O)CC(Cc1ccccc1)C(=O)NCC(C)=O. The molecule has 36 heavy (non-hydrogen) atoms. The first-order valence-corrected chi connectivity index (χ1v) is 12.6. The highest BCUT2D eigenvalue weighted by atomic mass is 16.2. The molecule has 1 aromatic carbocycles. The minimum absolute atomic E-state index is 0.0242. The van der Waals surface area contributed by atoms with Crippen LogP contribution in [0.5, 0.6) is 0 Å². The van der Waals surface area contributed by atoms with E-state index in [0.717, 1.165) is 5.56 Å². The van der Waals surface area contributed by atoms with Gasteiger partial charge >= 0.3 is 0 Å². The average molecular weight is 501 g/mol. The minimum Gasteiger partial charge on any atom is -0.349 e. The Labute approximate surface area is 214 Å². The van der Waals surface area contributed by atoms with Gasteiger partial charge in [-0.25, -0.2) is 0 Å². The Hall–Kier alpha value is -3.16. The van der Waals surface area contributed by atoms with Gasteiger partial charge in [-0.3, -0.25) is 24.0 Å². The number of carbonyl (C=O) groups excluding carboxylic acids is 6. The topological polar surface area (TPSA) is 126 Å². The molecule has 8 nitrogen and oxygen atoms in total. The van der Waals surface area contributed by atoms with Crippen molar-refractivity contribution in [2.24, 2.45) is 11.8 Å². The van der Waals surface area contributed by atoms with Crippen LogP contribution < -0.4 is 10.6 Å². The molecule has 0 bridgehead atoms. The Morgan fingerprint density at radius 2 is 1.50 bits per heavy atom. The average Bonchev–Trinajstić information content (AvgIpc) is 2.80. The highest BCUT2D eigenvalue weighted by Gasteiger charge is 2.28. The maximum atomic E-state index is 13.2. The van der Waals surface area contributed by atoms with Gasteiger partial charge in [-0.05, 0) is 44.6 Å². The molecule has 0 saturated heterocycles. The molecule has 2 atom stereocenters. The molecular weight excluding hydrogens is 460 g/mol. The molecule has 198 valence electrons. The fourth-order valence-corrected chi connectivity index (χ4v) is 3.82. The molecule has 0 radical (unpaired) electrons. The van der Waals surface area contributed by atoms with E-state index in [0.29, 0.717) is 25.7 Å². The molecule has 2 unspecified atom stereocenters. The lowest BCUT2D eigenvalue weighted by Gasteiger charge is -2.23. The molecule has 0 heterocycles. The summed E-state index contributed by atoms with van der Waals surface area (Å²) in [6, 6.07) is 8.54. The number of amides is 2. The second kappa shape index (κ2) is 16.5. The predicted octanol–water partition coefficient (Wildman–Crippen LogP) is 3.15. The summed E-state index contributed by atoms with van der Waals surface area (Å²) in [5.41, 5.74) is 0.890. The van der Waals surface area contributed by atoms with Crippen LogP contribution in [0, 0.1) is 11.8 Å². The zero-order valence-corrected chi connectivity index (χ0v) is 21.9. The standard InChI is InChI=1S/C28H40N2O6/c1-19(2)15-25(30-27(35)14-13-24(33)12-8-9-20(3)31)26(34)17-23(28(36)29-18-21(4)32)16-22-10-6-5-7-11-22/h5-7,10-11,19,23,25H,8-9,12-18H2,1-4H3,(H,29,36)(H,30,35). The fourth-order valence-electron chi connectivity index (χ4n) is 3.82. The summed E-state index contributed by atoms with van der Waals surface area (Å²) >= 11 is 0. The van der Waals surface area contributed by atoms with Crippen LogP contribution in [0.15, 0.2) is 30.3 Å². The molecule has 0 aliphatic carbocycles. The molecule has 0 spiro atoms. The lowest BCUT2D eigenvalue weighted by Crippen LogP contribution is -2.44. The Morgan fingerprint density at radius 1 is 0.833 bits per heavy atom. The maximum Gasteiger partial charge on any atom is 0.224 e. The highest BCUT2D eigenvalue weighted by molar-refractivity contribution is 5.94. The molecule has 0 aliphatic heterocycles. The Morgan fingerprint density at radius 3 is 2.08 bits per heavy atom. The zero-order chi connectivity index (χ0) is 27.1. The van der Waals surface area contributed by atoms with Gasteiger partial charge in [0, 0.05) is 38.0 Å². The molecule has 0 aliphatic rings. The summed E-state index contributed by atoms with van der Waals surface area (Å²) in [4.78, 5) is 72.9. The highest BCUT2D eigenvalue weighted by Crippen LogP contribution is 2.17. The first kappa shape index (κ1) is 30.9.